The molecule has 2 aromatic rings. The second-order valence-electron chi connectivity index (χ2n) is 5.85. The molecule has 2 aromatic carbocycles. The molecule has 22 heavy (non-hydrogen) atoms. The molecule has 0 bridgehead atoms. The molecule has 1 aliphatic heterocycles. The van der Waals surface area contributed by atoms with E-state index < -0.39 is 0 Å². The Morgan fingerprint density at radius 1 is 1.00 bits per heavy atom. The van der Waals surface area contributed by atoms with Crippen molar-refractivity contribution in [2.24, 2.45) is 0 Å². The minimum atomic E-state index is 0.340. The molecule has 0 unspecified atom stereocenters. The van der Waals surface area contributed by atoms with Gasteiger partial charge in [0.25, 0.3) is 0 Å². The standard InChI is InChI=1S/C19H24N2O/c1-20-17-7-9-18(10-8-17)22-19-11-13-21(14-12-19)15-16-5-3-2-4-6-16/h2-10,19-20H,11-15H2,1H3. The number of likely N-dealkylation sites (tertiary alicyclic amines) is 1. The van der Waals surface area contributed by atoms with Crippen molar-refractivity contribution in [2.45, 2.75) is 25.5 Å². The van der Waals surface area contributed by atoms with E-state index in [0.29, 0.717) is 6.10 Å². The van der Waals surface area contributed by atoms with Crippen molar-refractivity contribution in [2.75, 3.05) is 25.5 Å². The van der Waals surface area contributed by atoms with Gasteiger partial charge in [-0.2, -0.15) is 0 Å². The van der Waals surface area contributed by atoms with Crippen LogP contribution in [0.15, 0.2) is 54.6 Å². The lowest BCUT2D eigenvalue weighted by molar-refractivity contribution is 0.0968. The van der Waals surface area contributed by atoms with E-state index in [9.17, 15) is 0 Å². The van der Waals surface area contributed by atoms with Gasteiger partial charge in [0.2, 0.25) is 0 Å². The summed E-state index contributed by atoms with van der Waals surface area (Å²) in [7, 11) is 1.93. The van der Waals surface area contributed by atoms with Gasteiger partial charge in [-0.15, -0.1) is 0 Å². The predicted octanol–water partition coefficient (Wildman–Crippen LogP) is 3.77. The van der Waals surface area contributed by atoms with Gasteiger partial charge in [0.15, 0.2) is 0 Å². The lowest BCUT2D eigenvalue weighted by Crippen LogP contribution is -2.37. The Labute approximate surface area is 132 Å². The fourth-order valence-electron chi connectivity index (χ4n) is 2.92. The summed E-state index contributed by atoms with van der Waals surface area (Å²) in [4.78, 5) is 2.51. The third-order valence-corrected chi connectivity index (χ3v) is 4.23. The van der Waals surface area contributed by atoms with Crippen molar-refractivity contribution in [1.82, 2.24) is 4.90 Å². The second-order valence-corrected chi connectivity index (χ2v) is 5.85. The average Bonchev–Trinajstić information content (AvgIpc) is 2.58. The van der Waals surface area contributed by atoms with Gasteiger partial charge in [0.05, 0.1) is 0 Å². The molecular weight excluding hydrogens is 272 g/mol. The van der Waals surface area contributed by atoms with Gasteiger partial charge < -0.3 is 10.1 Å². The largest absolute Gasteiger partial charge is 0.490 e. The summed E-state index contributed by atoms with van der Waals surface area (Å²) < 4.78 is 6.10. The van der Waals surface area contributed by atoms with Crippen LogP contribution in [0.1, 0.15) is 18.4 Å². The smallest absolute Gasteiger partial charge is 0.119 e. The number of anilines is 1. The Hall–Kier alpha value is -2.00. The molecule has 0 amide bonds. The van der Waals surface area contributed by atoms with Gasteiger partial charge >= 0.3 is 0 Å². The zero-order chi connectivity index (χ0) is 15.2. The molecule has 0 radical (unpaired) electrons. The molecule has 3 heteroatoms. The van der Waals surface area contributed by atoms with Gasteiger partial charge in [-0.3, -0.25) is 4.90 Å². The fraction of sp³-hybridized carbons (Fsp3) is 0.368. The molecule has 116 valence electrons. The number of hydrogen-bond donors (Lipinski definition) is 1. The van der Waals surface area contributed by atoms with Gasteiger partial charge in [0.1, 0.15) is 11.9 Å². The highest BCUT2D eigenvalue weighted by atomic mass is 16.5. The molecule has 3 rings (SSSR count). The average molecular weight is 296 g/mol. The normalized spacial score (nSPS) is 16.4. The second kappa shape index (κ2) is 7.32. The molecule has 0 aliphatic carbocycles. The summed E-state index contributed by atoms with van der Waals surface area (Å²) in [5.74, 6) is 0.973. The summed E-state index contributed by atoms with van der Waals surface area (Å²) in [6.07, 6.45) is 2.54. The van der Waals surface area contributed by atoms with E-state index in [1.165, 1.54) is 5.56 Å². The van der Waals surface area contributed by atoms with E-state index in [1.807, 2.05) is 19.2 Å². The predicted molar refractivity (Wildman–Crippen MR) is 91.4 cm³/mol. The topological polar surface area (TPSA) is 24.5 Å². The van der Waals surface area contributed by atoms with Gasteiger partial charge in [0, 0.05) is 32.4 Å². The minimum absolute atomic E-state index is 0.340. The van der Waals surface area contributed by atoms with Crippen LogP contribution in [0.5, 0.6) is 5.75 Å². The van der Waals surface area contributed by atoms with E-state index >= 15 is 0 Å². The van der Waals surface area contributed by atoms with Crippen molar-refractivity contribution < 1.29 is 4.74 Å². The Kier molecular flexibility index (Phi) is 4.96. The summed E-state index contributed by atoms with van der Waals surface area (Å²) >= 11 is 0. The van der Waals surface area contributed by atoms with Crippen LogP contribution < -0.4 is 10.1 Å². The molecule has 1 fully saturated rings. The molecule has 0 saturated carbocycles. The minimum Gasteiger partial charge on any atom is -0.490 e. The highest BCUT2D eigenvalue weighted by Crippen LogP contribution is 2.21. The number of rotatable bonds is 5. The molecule has 1 saturated heterocycles. The first-order valence-corrected chi connectivity index (χ1v) is 8.04. The number of nitrogens with zero attached hydrogens (tertiary/aromatic N) is 1. The first-order valence-electron chi connectivity index (χ1n) is 8.04. The SMILES string of the molecule is CNc1ccc(OC2CCN(Cc3ccccc3)CC2)cc1. The van der Waals surface area contributed by atoms with E-state index in [4.69, 9.17) is 4.74 Å². The lowest BCUT2D eigenvalue weighted by Gasteiger charge is -2.32. The first kappa shape index (κ1) is 14.9. The van der Waals surface area contributed by atoms with Crippen LogP contribution in [0.25, 0.3) is 0 Å². The number of piperidine rings is 1. The summed E-state index contributed by atoms with van der Waals surface area (Å²) in [5.41, 5.74) is 2.51. The molecular formula is C19H24N2O. The number of hydrogen-bond acceptors (Lipinski definition) is 3. The Morgan fingerprint density at radius 3 is 2.32 bits per heavy atom. The summed E-state index contributed by atoms with van der Waals surface area (Å²) in [6, 6.07) is 18.9. The molecule has 0 spiro atoms. The van der Waals surface area contributed by atoms with Crippen LogP contribution in [0.3, 0.4) is 0 Å². The van der Waals surface area contributed by atoms with Crippen molar-refractivity contribution in [3.8, 4) is 5.75 Å². The molecule has 3 nitrogen and oxygen atoms in total. The fourth-order valence-corrected chi connectivity index (χ4v) is 2.92. The number of ether oxygens (including phenoxy) is 1. The van der Waals surface area contributed by atoms with Crippen LogP contribution in [-0.4, -0.2) is 31.1 Å². The number of nitrogens with one attached hydrogen (secondary N) is 1. The third kappa shape index (κ3) is 4.01. The van der Waals surface area contributed by atoms with Crippen molar-refractivity contribution in [3.63, 3.8) is 0 Å². The van der Waals surface area contributed by atoms with Crippen LogP contribution in [0, 0.1) is 0 Å². The zero-order valence-electron chi connectivity index (χ0n) is 13.2. The van der Waals surface area contributed by atoms with Gasteiger partial charge in [-0.1, -0.05) is 30.3 Å². The van der Waals surface area contributed by atoms with Crippen molar-refractivity contribution in [1.29, 1.82) is 0 Å². The Bertz CT molecular complexity index is 560. The van der Waals surface area contributed by atoms with Crippen molar-refractivity contribution >= 4 is 5.69 Å². The monoisotopic (exact) mass is 296 g/mol. The van der Waals surface area contributed by atoms with Crippen LogP contribution in [0.2, 0.25) is 0 Å². The van der Waals surface area contributed by atoms with E-state index in [0.717, 1.165) is 43.9 Å². The van der Waals surface area contributed by atoms with Crippen molar-refractivity contribution in [3.05, 3.63) is 60.2 Å². The summed E-state index contributed by atoms with van der Waals surface area (Å²) in [5, 5.41) is 3.12. The van der Waals surface area contributed by atoms with Gasteiger partial charge in [-0.05, 0) is 42.7 Å². The van der Waals surface area contributed by atoms with Crippen LogP contribution in [-0.2, 0) is 6.54 Å². The first-order chi connectivity index (χ1) is 10.8. The van der Waals surface area contributed by atoms with Crippen LogP contribution in [0.4, 0.5) is 5.69 Å². The highest BCUT2D eigenvalue weighted by molar-refractivity contribution is 5.45. The Morgan fingerprint density at radius 2 is 1.68 bits per heavy atom. The zero-order valence-corrected chi connectivity index (χ0v) is 13.2. The molecule has 1 heterocycles. The Balaban J connectivity index is 1.47. The van der Waals surface area contributed by atoms with E-state index in [1.54, 1.807) is 0 Å². The lowest BCUT2D eigenvalue weighted by atomic mass is 10.1. The maximum atomic E-state index is 6.10. The highest BCUT2D eigenvalue weighted by Gasteiger charge is 2.20. The molecule has 0 aromatic heterocycles. The van der Waals surface area contributed by atoms with E-state index in [-0.39, 0.29) is 0 Å². The summed E-state index contributed by atoms with van der Waals surface area (Å²) in [6.45, 7) is 3.26. The van der Waals surface area contributed by atoms with Crippen LogP contribution >= 0.6 is 0 Å². The third-order valence-electron chi connectivity index (χ3n) is 4.23. The number of benzene rings is 2. The maximum Gasteiger partial charge on any atom is 0.119 e. The molecule has 0 atom stereocenters. The van der Waals surface area contributed by atoms with E-state index in [2.05, 4.69) is 52.7 Å². The maximum absolute atomic E-state index is 6.10. The molecule has 1 aliphatic rings. The van der Waals surface area contributed by atoms with Gasteiger partial charge in [-0.25, -0.2) is 0 Å². The molecule has 1 N–H and O–H groups in total. The quantitative estimate of drug-likeness (QED) is 0.909.